The van der Waals surface area contributed by atoms with E-state index in [0.29, 0.717) is 45.3 Å². The maximum atomic E-state index is 13.5. The van der Waals surface area contributed by atoms with Crippen LogP contribution >= 0.6 is 0 Å². The summed E-state index contributed by atoms with van der Waals surface area (Å²) >= 11 is 0. The van der Waals surface area contributed by atoms with Crippen LogP contribution in [0.3, 0.4) is 0 Å². The maximum Gasteiger partial charge on any atom is 0.242 e. The van der Waals surface area contributed by atoms with E-state index in [9.17, 15) is 24.0 Å². The van der Waals surface area contributed by atoms with Crippen LogP contribution in [0.5, 0.6) is 0 Å². The lowest BCUT2D eigenvalue weighted by atomic mass is 9.92. The lowest BCUT2D eigenvalue weighted by Gasteiger charge is -2.30. The van der Waals surface area contributed by atoms with Crippen LogP contribution in [0, 0.1) is 5.41 Å². The minimum atomic E-state index is -0.455. The average molecular weight is 570 g/mol. The fourth-order valence-corrected chi connectivity index (χ4v) is 5.27. The summed E-state index contributed by atoms with van der Waals surface area (Å²) in [6, 6.07) is 7.00. The Morgan fingerprint density at radius 3 is 2.39 bits per heavy atom. The molecule has 5 amide bonds. The van der Waals surface area contributed by atoms with E-state index in [1.165, 1.54) is 4.90 Å². The summed E-state index contributed by atoms with van der Waals surface area (Å²) in [4.78, 5) is 67.7. The summed E-state index contributed by atoms with van der Waals surface area (Å²) in [5.74, 6) is -1.04. The fraction of sp³-hybridized carbons (Fsp3) is 0.645. The zero-order valence-electron chi connectivity index (χ0n) is 24.9. The van der Waals surface area contributed by atoms with Crippen molar-refractivity contribution in [3.8, 4) is 0 Å². The number of unbranched alkanes of at least 4 members (excludes halogenated alkanes) is 1. The number of nitrogens with zero attached hydrogens (tertiary/aromatic N) is 2. The van der Waals surface area contributed by atoms with Crippen LogP contribution in [0.25, 0.3) is 0 Å². The monoisotopic (exact) mass is 569 g/mol. The van der Waals surface area contributed by atoms with E-state index in [-0.39, 0.29) is 67.4 Å². The van der Waals surface area contributed by atoms with Crippen LogP contribution in [0.15, 0.2) is 24.3 Å². The van der Waals surface area contributed by atoms with E-state index in [0.717, 1.165) is 30.4 Å². The van der Waals surface area contributed by atoms with Crippen LogP contribution in [0.2, 0.25) is 0 Å². The second-order valence-electron chi connectivity index (χ2n) is 12.5. The SMILES string of the molecule is CC(C)(C)CC(=O)NCCCC[C@H]1CC(=O)N(CC(=O)N2CCCCC2)CC(=O)NCc2ccccc2CC(=O)N1. The van der Waals surface area contributed by atoms with Gasteiger partial charge in [0.1, 0.15) is 13.1 Å². The summed E-state index contributed by atoms with van der Waals surface area (Å²) in [6.07, 6.45) is 5.46. The molecule has 41 heavy (non-hydrogen) atoms. The molecule has 0 radical (unpaired) electrons. The summed E-state index contributed by atoms with van der Waals surface area (Å²) in [7, 11) is 0. The number of fused-ring (bicyclic) bond motifs is 1. The van der Waals surface area contributed by atoms with E-state index in [1.807, 2.05) is 45.0 Å². The fourth-order valence-electron chi connectivity index (χ4n) is 5.27. The van der Waals surface area contributed by atoms with Crippen molar-refractivity contribution in [2.24, 2.45) is 5.41 Å². The molecule has 10 nitrogen and oxygen atoms in total. The number of likely N-dealkylation sites (tertiary alicyclic amines) is 1. The molecule has 0 aromatic heterocycles. The van der Waals surface area contributed by atoms with Gasteiger partial charge in [-0.15, -0.1) is 0 Å². The molecule has 0 aliphatic carbocycles. The molecule has 0 saturated carbocycles. The number of hydrogen-bond acceptors (Lipinski definition) is 5. The number of carbonyl (C=O) groups excluding carboxylic acids is 5. The minimum Gasteiger partial charge on any atom is -0.356 e. The molecule has 3 N–H and O–H groups in total. The molecule has 3 rings (SSSR count). The minimum absolute atomic E-state index is 0.00834. The second-order valence-corrected chi connectivity index (χ2v) is 12.5. The van der Waals surface area contributed by atoms with Gasteiger partial charge in [-0.2, -0.15) is 0 Å². The molecule has 1 aromatic rings. The Bertz CT molecular complexity index is 1080. The largest absolute Gasteiger partial charge is 0.356 e. The van der Waals surface area contributed by atoms with Gasteiger partial charge in [-0.3, -0.25) is 24.0 Å². The Balaban J connectivity index is 1.69. The number of benzene rings is 1. The van der Waals surface area contributed by atoms with Crippen molar-refractivity contribution < 1.29 is 24.0 Å². The number of piperidine rings is 1. The van der Waals surface area contributed by atoms with Gasteiger partial charge in [0.25, 0.3) is 0 Å². The highest BCUT2D eigenvalue weighted by atomic mass is 16.2. The van der Waals surface area contributed by atoms with Gasteiger partial charge in [-0.1, -0.05) is 45.0 Å². The summed E-state index contributed by atoms with van der Waals surface area (Å²) < 4.78 is 0. The van der Waals surface area contributed by atoms with E-state index in [1.54, 1.807) is 4.90 Å². The van der Waals surface area contributed by atoms with E-state index < -0.39 is 6.04 Å². The molecule has 10 heteroatoms. The van der Waals surface area contributed by atoms with Gasteiger partial charge in [0.05, 0.1) is 6.42 Å². The zero-order chi connectivity index (χ0) is 29.8. The predicted octanol–water partition coefficient (Wildman–Crippen LogP) is 2.30. The predicted molar refractivity (Wildman–Crippen MR) is 156 cm³/mol. The van der Waals surface area contributed by atoms with Crippen molar-refractivity contribution in [3.05, 3.63) is 35.4 Å². The third-order valence-corrected chi connectivity index (χ3v) is 7.45. The van der Waals surface area contributed by atoms with Crippen molar-refractivity contribution in [1.29, 1.82) is 0 Å². The van der Waals surface area contributed by atoms with Crippen molar-refractivity contribution in [3.63, 3.8) is 0 Å². The Kier molecular flexibility index (Phi) is 12.2. The molecule has 1 aromatic carbocycles. The average Bonchev–Trinajstić information content (AvgIpc) is 2.91. The molecule has 0 bridgehead atoms. The lowest BCUT2D eigenvalue weighted by Crippen LogP contribution is -2.49. The number of nitrogens with one attached hydrogen (secondary N) is 3. The van der Waals surface area contributed by atoms with E-state index >= 15 is 0 Å². The normalized spacial score (nSPS) is 19.2. The highest BCUT2D eigenvalue weighted by Gasteiger charge is 2.27. The molecule has 1 saturated heterocycles. The molecule has 2 aliphatic heterocycles. The lowest BCUT2D eigenvalue weighted by molar-refractivity contribution is -0.143. The summed E-state index contributed by atoms with van der Waals surface area (Å²) in [5.41, 5.74) is 1.56. The number of hydrogen-bond donors (Lipinski definition) is 3. The number of carbonyl (C=O) groups is 5. The van der Waals surface area contributed by atoms with Gasteiger partial charge in [0.2, 0.25) is 29.5 Å². The van der Waals surface area contributed by atoms with Crippen molar-refractivity contribution >= 4 is 29.5 Å². The summed E-state index contributed by atoms with van der Waals surface area (Å²) in [6.45, 7) is 7.74. The Hall–Kier alpha value is -3.43. The third-order valence-electron chi connectivity index (χ3n) is 7.45. The van der Waals surface area contributed by atoms with Gasteiger partial charge in [-0.25, -0.2) is 0 Å². The Morgan fingerprint density at radius 1 is 0.976 bits per heavy atom. The first kappa shape index (κ1) is 32.1. The van der Waals surface area contributed by atoms with Gasteiger partial charge in [0, 0.05) is 45.1 Å². The molecule has 226 valence electrons. The second kappa shape index (κ2) is 15.5. The van der Waals surface area contributed by atoms with Crippen molar-refractivity contribution in [1.82, 2.24) is 25.8 Å². The quantitative estimate of drug-likeness (QED) is 0.414. The topological polar surface area (TPSA) is 128 Å². The van der Waals surface area contributed by atoms with Crippen LogP contribution in [0.4, 0.5) is 0 Å². The highest BCUT2D eigenvalue weighted by molar-refractivity contribution is 5.90. The molecule has 2 aliphatic rings. The molecule has 1 fully saturated rings. The molecule has 1 atom stereocenters. The van der Waals surface area contributed by atoms with Gasteiger partial charge in [0.15, 0.2) is 0 Å². The molecule has 0 spiro atoms. The van der Waals surface area contributed by atoms with Crippen molar-refractivity contribution in [2.45, 2.75) is 91.1 Å². The van der Waals surface area contributed by atoms with Crippen molar-refractivity contribution in [2.75, 3.05) is 32.7 Å². The zero-order valence-corrected chi connectivity index (χ0v) is 24.9. The van der Waals surface area contributed by atoms with Crippen LogP contribution in [-0.2, 0) is 36.9 Å². The van der Waals surface area contributed by atoms with E-state index in [4.69, 9.17) is 0 Å². The Morgan fingerprint density at radius 2 is 1.68 bits per heavy atom. The molecular formula is C31H47N5O5. The first-order chi connectivity index (χ1) is 19.5. The third kappa shape index (κ3) is 11.5. The van der Waals surface area contributed by atoms with Gasteiger partial charge in [-0.05, 0) is 55.1 Å². The first-order valence-electron chi connectivity index (χ1n) is 15.0. The highest BCUT2D eigenvalue weighted by Crippen LogP contribution is 2.18. The maximum absolute atomic E-state index is 13.5. The molecule has 0 unspecified atom stereocenters. The molecule has 2 heterocycles. The van der Waals surface area contributed by atoms with Crippen LogP contribution < -0.4 is 16.0 Å². The van der Waals surface area contributed by atoms with Gasteiger partial charge >= 0.3 is 0 Å². The first-order valence-corrected chi connectivity index (χ1v) is 15.0. The smallest absolute Gasteiger partial charge is 0.242 e. The van der Waals surface area contributed by atoms with E-state index in [2.05, 4.69) is 16.0 Å². The standard InChI is InChI=1S/C31H47N5O5/c1-31(2,3)19-27(38)32-14-8-7-13-25-18-29(40)36(22-30(41)35-15-9-4-10-16-35)21-28(39)33-20-24-12-6-5-11-23(24)17-26(37)34-25/h5-6,11-12,25H,4,7-10,13-22H2,1-3H3,(H,32,38)(H,33,39)(H,34,37)/t25-/m0/s1. The van der Waals surface area contributed by atoms with Crippen LogP contribution in [0.1, 0.15) is 83.3 Å². The summed E-state index contributed by atoms with van der Waals surface area (Å²) in [5, 5.41) is 8.83. The van der Waals surface area contributed by atoms with Gasteiger partial charge < -0.3 is 25.8 Å². The van der Waals surface area contributed by atoms with Crippen LogP contribution in [-0.4, -0.2) is 78.1 Å². The number of amides is 5. The number of rotatable bonds is 8. The molecular weight excluding hydrogens is 522 g/mol. The Labute approximate surface area is 244 Å².